The fraction of sp³-hybridized carbons (Fsp3) is 0.700. The maximum absolute atomic E-state index is 5.65. The zero-order chi connectivity index (χ0) is 9.68. The molecule has 0 aliphatic carbocycles. The van der Waals surface area contributed by atoms with Gasteiger partial charge in [0, 0.05) is 11.8 Å². The van der Waals surface area contributed by atoms with Crippen LogP contribution in [0.4, 0.5) is 0 Å². The summed E-state index contributed by atoms with van der Waals surface area (Å²) in [5.41, 5.74) is 6.86. The van der Waals surface area contributed by atoms with Crippen molar-refractivity contribution in [3.8, 4) is 0 Å². The normalized spacial score (nSPS) is 13.2. The van der Waals surface area contributed by atoms with E-state index in [1.54, 1.807) is 11.3 Å². The van der Waals surface area contributed by atoms with Gasteiger partial charge < -0.3 is 5.73 Å². The monoisotopic (exact) mass is 198 g/mol. The highest BCUT2D eigenvalue weighted by Crippen LogP contribution is 2.16. The van der Waals surface area contributed by atoms with E-state index in [4.69, 9.17) is 5.73 Å². The van der Waals surface area contributed by atoms with Gasteiger partial charge in [-0.3, -0.25) is 0 Å². The van der Waals surface area contributed by atoms with Gasteiger partial charge in [-0.1, -0.05) is 20.3 Å². The van der Waals surface area contributed by atoms with Gasteiger partial charge in [-0.25, -0.2) is 4.98 Å². The van der Waals surface area contributed by atoms with Crippen LogP contribution >= 0.6 is 11.3 Å². The first-order chi connectivity index (χ1) is 6.30. The van der Waals surface area contributed by atoms with Gasteiger partial charge in [-0.15, -0.1) is 11.3 Å². The Morgan fingerprint density at radius 1 is 1.54 bits per heavy atom. The van der Waals surface area contributed by atoms with Gasteiger partial charge in [0.25, 0.3) is 0 Å². The molecule has 1 unspecified atom stereocenters. The van der Waals surface area contributed by atoms with E-state index in [0.717, 1.165) is 25.8 Å². The van der Waals surface area contributed by atoms with Crippen LogP contribution < -0.4 is 5.73 Å². The van der Waals surface area contributed by atoms with Crippen molar-refractivity contribution in [2.75, 3.05) is 6.54 Å². The minimum Gasteiger partial charge on any atom is -0.330 e. The van der Waals surface area contributed by atoms with Crippen LogP contribution in [0.1, 0.15) is 31.0 Å². The van der Waals surface area contributed by atoms with Gasteiger partial charge in [0.1, 0.15) is 0 Å². The molecule has 0 saturated heterocycles. The summed E-state index contributed by atoms with van der Waals surface area (Å²) in [5, 5.41) is 3.40. The minimum absolute atomic E-state index is 0.607. The molecule has 0 fully saturated rings. The molecule has 1 atom stereocenters. The van der Waals surface area contributed by atoms with Crippen LogP contribution in [0.5, 0.6) is 0 Å². The van der Waals surface area contributed by atoms with Crippen LogP contribution in [0.3, 0.4) is 0 Å². The number of rotatable bonds is 5. The summed E-state index contributed by atoms with van der Waals surface area (Å²) in [6, 6.07) is 0. The topological polar surface area (TPSA) is 38.9 Å². The molecule has 3 heteroatoms. The highest BCUT2D eigenvalue weighted by atomic mass is 32.1. The van der Waals surface area contributed by atoms with Crippen LogP contribution in [-0.2, 0) is 12.8 Å². The van der Waals surface area contributed by atoms with E-state index in [0.29, 0.717) is 5.92 Å². The lowest BCUT2D eigenvalue weighted by atomic mass is 10.0. The summed E-state index contributed by atoms with van der Waals surface area (Å²) in [6.07, 6.45) is 3.24. The number of aryl methyl sites for hydroxylation is 1. The first-order valence-corrected chi connectivity index (χ1v) is 5.81. The van der Waals surface area contributed by atoms with Gasteiger partial charge in [0.05, 0.1) is 10.7 Å². The van der Waals surface area contributed by atoms with Crippen molar-refractivity contribution in [3.63, 3.8) is 0 Å². The summed E-state index contributed by atoms with van der Waals surface area (Å²) >= 11 is 1.77. The van der Waals surface area contributed by atoms with E-state index >= 15 is 0 Å². The van der Waals surface area contributed by atoms with Crippen molar-refractivity contribution in [3.05, 3.63) is 16.1 Å². The van der Waals surface area contributed by atoms with E-state index in [2.05, 4.69) is 24.2 Å². The third-order valence-electron chi connectivity index (χ3n) is 2.34. The fourth-order valence-corrected chi connectivity index (χ4v) is 2.24. The highest BCUT2D eigenvalue weighted by Gasteiger charge is 2.08. The molecule has 0 aliphatic rings. The van der Waals surface area contributed by atoms with E-state index in [1.165, 1.54) is 10.7 Å². The Morgan fingerprint density at radius 3 is 2.77 bits per heavy atom. The minimum atomic E-state index is 0.607. The Morgan fingerprint density at radius 2 is 2.31 bits per heavy atom. The van der Waals surface area contributed by atoms with Crippen LogP contribution in [0.15, 0.2) is 5.38 Å². The summed E-state index contributed by atoms with van der Waals surface area (Å²) < 4.78 is 0. The van der Waals surface area contributed by atoms with Gasteiger partial charge >= 0.3 is 0 Å². The number of thiazole rings is 1. The maximum Gasteiger partial charge on any atom is 0.0931 e. The third-order valence-corrected chi connectivity index (χ3v) is 3.26. The van der Waals surface area contributed by atoms with E-state index in [-0.39, 0.29) is 0 Å². The number of aromatic nitrogens is 1. The molecule has 2 nitrogen and oxygen atoms in total. The molecule has 0 radical (unpaired) electrons. The summed E-state index contributed by atoms with van der Waals surface area (Å²) in [5.74, 6) is 0.607. The highest BCUT2D eigenvalue weighted by molar-refractivity contribution is 7.09. The number of nitrogens with two attached hydrogens (primary N) is 1. The Kier molecular flexibility index (Phi) is 4.39. The largest absolute Gasteiger partial charge is 0.330 e. The van der Waals surface area contributed by atoms with Crippen molar-refractivity contribution in [1.29, 1.82) is 0 Å². The summed E-state index contributed by atoms with van der Waals surface area (Å²) in [7, 11) is 0. The van der Waals surface area contributed by atoms with Crippen molar-refractivity contribution < 1.29 is 0 Å². The first kappa shape index (κ1) is 10.7. The zero-order valence-electron chi connectivity index (χ0n) is 8.42. The lowest BCUT2D eigenvalue weighted by Gasteiger charge is -2.08. The van der Waals surface area contributed by atoms with Crippen molar-refractivity contribution in [1.82, 2.24) is 4.98 Å². The van der Waals surface area contributed by atoms with E-state index < -0.39 is 0 Å². The molecule has 1 rings (SSSR count). The molecule has 2 N–H and O–H groups in total. The fourth-order valence-electron chi connectivity index (χ4n) is 1.25. The number of hydrogen-bond acceptors (Lipinski definition) is 3. The lowest BCUT2D eigenvalue weighted by molar-refractivity contribution is 0.517. The Bertz CT molecular complexity index is 241. The van der Waals surface area contributed by atoms with Crippen molar-refractivity contribution in [2.24, 2.45) is 11.7 Å². The van der Waals surface area contributed by atoms with Crippen LogP contribution in [0.2, 0.25) is 0 Å². The second-order valence-electron chi connectivity index (χ2n) is 3.30. The summed E-state index contributed by atoms with van der Waals surface area (Å²) in [6.45, 7) is 5.10. The SMILES string of the molecule is CCc1csc(CC(CC)CN)n1. The molecular weight excluding hydrogens is 180 g/mol. The number of nitrogens with zero attached hydrogens (tertiary/aromatic N) is 1. The predicted octanol–water partition coefficient (Wildman–Crippen LogP) is 2.23. The lowest BCUT2D eigenvalue weighted by Crippen LogP contribution is -2.15. The molecule has 1 aromatic heterocycles. The Hall–Kier alpha value is -0.410. The Balaban J connectivity index is 2.52. The molecule has 13 heavy (non-hydrogen) atoms. The standard InChI is InChI=1S/C10H18N2S/c1-3-8(6-11)5-10-12-9(4-2)7-13-10/h7-8H,3-6,11H2,1-2H3. The van der Waals surface area contributed by atoms with Crippen LogP contribution in [-0.4, -0.2) is 11.5 Å². The molecule has 0 bridgehead atoms. The summed E-state index contributed by atoms with van der Waals surface area (Å²) in [4.78, 5) is 4.53. The molecule has 1 aromatic rings. The second kappa shape index (κ2) is 5.35. The molecule has 0 aliphatic heterocycles. The molecule has 0 saturated carbocycles. The van der Waals surface area contributed by atoms with Crippen LogP contribution in [0, 0.1) is 5.92 Å². The molecule has 0 spiro atoms. The van der Waals surface area contributed by atoms with Gasteiger partial charge in [0.15, 0.2) is 0 Å². The zero-order valence-corrected chi connectivity index (χ0v) is 9.23. The van der Waals surface area contributed by atoms with E-state index in [1.807, 2.05) is 0 Å². The van der Waals surface area contributed by atoms with E-state index in [9.17, 15) is 0 Å². The predicted molar refractivity (Wildman–Crippen MR) is 58.0 cm³/mol. The second-order valence-corrected chi connectivity index (χ2v) is 4.24. The molecule has 74 valence electrons. The van der Waals surface area contributed by atoms with Gasteiger partial charge in [-0.2, -0.15) is 0 Å². The average Bonchev–Trinajstić information content (AvgIpc) is 2.61. The molecular formula is C10H18N2S. The van der Waals surface area contributed by atoms with Gasteiger partial charge in [-0.05, 0) is 18.9 Å². The third kappa shape index (κ3) is 3.08. The van der Waals surface area contributed by atoms with Crippen LogP contribution in [0.25, 0.3) is 0 Å². The average molecular weight is 198 g/mol. The number of hydrogen-bond donors (Lipinski definition) is 1. The van der Waals surface area contributed by atoms with Crippen molar-refractivity contribution >= 4 is 11.3 Å². The smallest absolute Gasteiger partial charge is 0.0931 e. The quantitative estimate of drug-likeness (QED) is 0.788. The Labute approximate surface area is 84.2 Å². The first-order valence-electron chi connectivity index (χ1n) is 4.93. The molecule has 0 aromatic carbocycles. The molecule has 0 amide bonds. The van der Waals surface area contributed by atoms with Gasteiger partial charge in [0.2, 0.25) is 0 Å². The molecule has 1 heterocycles. The van der Waals surface area contributed by atoms with Crippen molar-refractivity contribution in [2.45, 2.75) is 33.1 Å². The maximum atomic E-state index is 5.65.